The highest BCUT2D eigenvalue weighted by atomic mass is 19.1. The van der Waals surface area contributed by atoms with Crippen molar-refractivity contribution in [3.05, 3.63) is 78.1 Å². The highest BCUT2D eigenvalue weighted by molar-refractivity contribution is 5.80. The van der Waals surface area contributed by atoms with E-state index in [1.165, 1.54) is 11.6 Å². The summed E-state index contributed by atoms with van der Waals surface area (Å²) in [4.78, 5) is 0. The molecule has 0 aromatic heterocycles. The summed E-state index contributed by atoms with van der Waals surface area (Å²) in [6.07, 6.45) is 1.76. The molecule has 126 valence electrons. The van der Waals surface area contributed by atoms with Gasteiger partial charge < -0.3 is 10.5 Å². The number of hydrogen-bond donors (Lipinski definition) is 1. The van der Waals surface area contributed by atoms with Gasteiger partial charge in [0.2, 0.25) is 0 Å². The molecule has 0 saturated heterocycles. The van der Waals surface area contributed by atoms with Crippen LogP contribution in [0.1, 0.15) is 12.0 Å². The maximum Gasteiger partial charge on any atom is 0.130 e. The number of fused-ring (bicyclic) bond motifs is 1. The molecule has 25 heavy (non-hydrogen) atoms. The van der Waals surface area contributed by atoms with Crippen LogP contribution < -0.4 is 10.5 Å². The van der Waals surface area contributed by atoms with Crippen LogP contribution in [0, 0.1) is 5.82 Å². The smallest absolute Gasteiger partial charge is 0.130 e. The molecular formula is C22H20FNO. The molecule has 2 N–H and O–H groups in total. The molecule has 0 fully saturated rings. The van der Waals surface area contributed by atoms with Crippen LogP contribution in [-0.2, 0) is 6.42 Å². The lowest BCUT2D eigenvalue weighted by Gasteiger charge is -2.13. The first-order valence-electron chi connectivity index (χ1n) is 8.59. The van der Waals surface area contributed by atoms with Crippen molar-refractivity contribution in [2.75, 3.05) is 6.54 Å². The number of ether oxygens (including phenoxy) is 1. The molecule has 0 radical (unpaired) electrons. The van der Waals surface area contributed by atoms with E-state index < -0.39 is 0 Å². The summed E-state index contributed by atoms with van der Waals surface area (Å²) in [7, 11) is 0. The Balaban J connectivity index is 1.86. The van der Waals surface area contributed by atoms with E-state index in [0.717, 1.165) is 40.8 Å². The molecule has 0 saturated carbocycles. The average Bonchev–Trinajstić information content (AvgIpc) is 3.04. The lowest BCUT2D eigenvalue weighted by atomic mass is 9.94. The molecule has 1 aliphatic rings. The standard InChI is InChI=1S/C22H20FNO/c23-19-8-4-7-16(12-19)21-14-17(15-5-2-1-3-6-15)11-18-13-20(9-10-24)25-22(18)21/h1-8,11-12,14,20H,9-10,13,24H2. The monoisotopic (exact) mass is 333 g/mol. The first kappa shape index (κ1) is 15.9. The molecule has 0 amide bonds. The highest BCUT2D eigenvalue weighted by Gasteiger charge is 2.26. The van der Waals surface area contributed by atoms with Crippen LogP contribution in [0.4, 0.5) is 4.39 Å². The zero-order valence-electron chi connectivity index (χ0n) is 13.9. The summed E-state index contributed by atoms with van der Waals surface area (Å²) in [5.74, 6) is 0.622. The summed E-state index contributed by atoms with van der Waals surface area (Å²) in [5, 5.41) is 0. The van der Waals surface area contributed by atoms with Crippen LogP contribution in [-0.4, -0.2) is 12.6 Å². The Morgan fingerprint density at radius 3 is 2.48 bits per heavy atom. The lowest BCUT2D eigenvalue weighted by Crippen LogP contribution is -2.17. The van der Waals surface area contributed by atoms with Gasteiger partial charge in [0.1, 0.15) is 17.7 Å². The van der Waals surface area contributed by atoms with Gasteiger partial charge in [0.05, 0.1) is 0 Å². The summed E-state index contributed by atoms with van der Waals surface area (Å²) in [5.41, 5.74) is 10.9. The fourth-order valence-corrected chi connectivity index (χ4v) is 3.45. The second-order valence-electron chi connectivity index (χ2n) is 6.41. The summed E-state index contributed by atoms with van der Waals surface area (Å²) >= 11 is 0. The van der Waals surface area contributed by atoms with E-state index >= 15 is 0 Å². The van der Waals surface area contributed by atoms with E-state index in [9.17, 15) is 4.39 Å². The second kappa shape index (κ2) is 6.69. The maximum atomic E-state index is 13.8. The van der Waals surface area contributed by atoms with Gasteiger partial charge >= 0.3 is 0 Å². The Morgan fingerprint density at radius 1 is 0.920 bits per heavy atom. The fourth-order valence-electron chi connectivity index (χ4n) is 3.45. The second-order valence-corrected chi connectivity index (χ2v) is 6.41. The van der Waals surface area contributed by atoms with E-state index in [4.69, 9.17) is 10.5 Å². The normalized spacial score (nSPS) is 15.7. The van der Waals surface area contributed by atoms with Crippen molar-refractivity contribution >= 4 is 0 Å². The molecule has 0 spiro atoms. The first-order valence-corrected chi connectivity index (χ1v) is 8.59. The van der Waals surface area contributed by atoms with Crippen LogP contribution in [0.15, 0.2) is 66.7 Å². The Bertz CT molecular complexity index is 892. The zero-order valence-corrected chi connectivity index (χ0v) is 13.9. The largest absolute Gasteiger partial charge is 0.489 e. The van der Waals surface area contributed by atoms with Crippen LogP contribution in [0.25, 0.3) is 22.3 Å². The van der Waals surface area contributed by atoms with Crippen molar-refractivity contribution in [2.24, 2.45) is 5.73 Å². The molecular weight excluding hydrogens is 313 g/mol. The van der Waals surface area contributed by atoms with Crippen LogP contribution in [0.3, 0.4) is 0 Å². The number of rotatable bonds is 4. The summed E-state index contributed by atoms with van der Waals surface area (Å²) < 4.78 is 19.9. The van der Waals surface area contributed by atoms with Gasteiger partial charge in [0, 0.05) is 12.0 Å². The van der Waals surface area contributed by atoms with Gasteiger partial charge in [-0.15, -0.1) is 0 Å². The predicted molar refractivity (Wildman–Crippen MR) is 99.1 cm³/mol. The van der Waals surface area contributed by atoms with Crippen LogP contribution >= 0.6 is 0 Å². The van der Waals surface area contributed by atoms with Crippen LogP contribution in [0.2, 0.25) is 0 Å². The lowest BCUT2D eigenvalue weighted by molar-refractivity contribution is 0.225. The van der Waals surface area contributed by atoms with Gasteiger partial charge in [0.25, 0.3) is 0 Å². The minimum absolute atomic E-state index is 0.0957. The van der Waals surface area contributed by atoms with E-state index in [0.29, 0.717) is 6.54 Å². The zero-order chi connectivity index (χ0) is 17.2. The molecule has 3 aromatic carbocycles. The maximum absolute atomic E-state index is 13.8. The van der Waals surface area contributed by atoms with Gasteiger partial charge in [-0.2, -0.15) is 0 Å². The van der Waals surface area contributed by atoms with Crippen molar-refractivity contribution in [3.8, 4) is 28.0 Å². The molecule has 3 aromatic rings. The topological polar surface area (TPSA) is 35.2 Å². The molecule has 1 unspecified atom stereocenters. The Hall–Kier alpha value is -2.65. The number of nitrogens with two attached hydrogens (primary N) is 1. The third-order valence-electron chi connectivity index (χ3n) is 4.63. The summed E-state index contributed by atoms with van der Waals surface area (Å²) in [6.45, 7) is 0.597. The van der Waals surface area contributed by atoms with Crippen LogP contribution in [0.5, 0.6) is 5.75 Å². The Labute approximate surface area is 147 Å². The van der Waals surface area contributed by atoms with Crippen molar-refractivity contribution in [1.29, 1.82) is 0 Å². The fraction of sp³-hybridized carbons (Fsp3) is 0.182. The predicted octanol–water partition coefficient (Wildman–Crippen LogP) is 4.81. The number of hydrogen-bond acceptors (Lipinski definition) is 2. The Morgan fingerprint density at radius 2 is 1.72 bits per heavy atom. The molecule has 0 bridgehead atoms. The average molecular weight is 333 g/mol. The minimum atomic E-state index is -0.243. The third-order valence-corrected chi connectivity index (χ3v) is 4.63. The molecule has 0 aliphatic carbocycles. The first-order chi connectivity index (χ1) is 12.2. The van der Waals surface area contributed by atoms with Gasteiger partial charge in [-0.3, -0.25) is 0 Å². The molecule has 1 aliphatic heterocycles. The van der Waals surface area contributed by atoms with Crippen molar-refractivity contribution in [2.45, 2.75) is 18.9 Å². The van der Waals surface area contributed by atoms with Crippen molar-refractivity contribution in [3.63, 3.8) is 0 Å². The van der Waals surface area contributed by atoms with E-state index in [-0.39, 0.29) is 11.9 Å². The van der Waals surface area contributed by atoms with E-state index in [2.05, 4.69) is 24.3 Å². The summed E-state index contributed by atoms with van der Waals surface area (Å²) in [6, 6.07) is 21.2. The van der Waals surface area contributed by atoms with Gasteiger partial charge in [-0.25, -0.2) is 4.39 Å². The van der Waals surface area contributed by atoms with Gasteiger partial charge in [-0.1, -0.05) is 42.5 Å². The van der Waals surface area contributed by atoms with Crippen molar-refractivity contribution < 1.29 is 9.13 Å². The molecule has 3 heteroatoms. The quantitative estimate of drug-likeness (QED) is 0.743. The van der Waals surface area contributed by atoms with Gasteiger partial charge in [-0.05, 0) is 59.5 Å². The third kappa shape index (κ3) is 3.15. The molecule has 1 heterocycles. The number of benzene rings is 3. The van der Waals surface area contributed by atoms with Crippen molar-refractivity contribution in [1.82, 2.24) is 0 Å². The Kier molecular flexibility index (Phi) is 4.24. The highest BCUT2D eigenvalue weighted by Crippen LogP contribution is 2.42. The number of halogens is 1. The van der Waals surface area contributed by atoms with E-state index in [1.807, 2.05) is 24.3 Å². The van der Waals surface area contributed by atoms with E-state index in [1.54, 1.807) is 12.1 Å². The molecule has 2 nitrogen and oxygen atoms in total. The van der Waals surface area contributed by atoms with Gasteiger partial charge in [0.15, 0.2) is 0 Å². The molecule has 4 rings (SSSR count). The minimum Gasteiger partial charge on any atom is -0.489 e. The SMILES string of the molecule is NCCC1Cc2cc(-c3ccccc3)cc(-c3cccc(F)c3)c2O1. The molecule has 1 atom stereocenters.